The first-order valence-corrected chi connectivity index (χ1v) is 12.6. The molecule has 0 saturated heterocycles. The zero-order chi connectivity index (χ0) is 24.6. The largest absolute Gasteiger partial charge is 0.331 e. The maximum atomic E-state index is 14.6. The highest BCUT2D eigenvalue weighted by molar-refractivity contribution is 7.89. The lowest BCUT2D eigenvalue weighted by Gasteiger charge is -2.13. The number of sulfonamides is 1. The summed E-state index contributed by atoms with van der Waals surface area (Å²) < 4.78 is 42.1. The van der Waals surface area contributed by atoms with Gasteiger partial charge in [-0.25, -0.2) is 17.5 Å². The number of hydrogen-bond donors (Lipinski definition) is 2. The third-order valence-corrected chi connectivity index (χ3v) is 6.19. The second-order valence-corrected chi connectivity index (χ2v) is 9.98. The van der Waals surface area contributed by atoms with E-state index >= 15 is 0 Å². The van der Waals surface area contributed by atoms with Crippen LogP contribution in [0.1, 0.15) is 34.1 Å². The van der Waals surface area contributed by atoms with Crippen molar-refractivity contribution >= 4 is 26.8 Å². The van der Waals surface area contributed by atoms with Gasteiger partial charge in [-0.3, -0.25) is 9.59 Å². The summed E-state index contributed by atoms with van der Waals surface area (Å²) in [7, 11) is -3.91. The van der Waals surface area contributed by atoms with Crippen LogP contribution >= 0.6 is 0 Å². The number of aryl methyl sites for hydroxylation is 2. The van der Waals surface area contributed by atoms with Crippen molar-refractivity contribution in [2.24, 2.45) is 0 Å². The van der Waals surface area contributed by atoms with Gasteiger partial charge in [0.05, 0.1) is 18.4 Å². The first kappa shape index (κ1) is 23.4. The molecule has 0 aliphatic rings. The van der Waals surface area contributed by atoms with E-state index in [-0.39, 0.29) is 17.8 Å². The molecule has 0 atom stereocenters. The number of benzene rings is 2. The third-order valence-electron chi connectivity index (χ3n) is 5.63. The van der Waals surface area contributed by atoms with E-state index in [9.17, 15) is 22.4 Å². The highest BCUT2D eigenvalue weighted by atomic mass is 32.2. The molecule has 0 fully saturated rings. The Labute approximate surface area is 196 Å². The second kappa shape index (κ2) is 8.90. The molecule has 176 valence electrons. The molecule has 2 aromatic carbocycles. The van der Waals surface area contributed by atoms with E-state index in [0.29, 0.717) is 28.5 Å². The average Bonchev–Trinajstić information content (AvgIpc) is 3.09. The molecule has 0 bridgehead atoms. The molecule has 34 heavy (non-hydrogen) atoms. The third kappa shape index (κ3) is 4.51. The van der Waals surface area contributed by atoms with Gasteiger partial charge in [0, 0.05) is 28.2 Å². The van der Waals surface area contributed by atoms with Crippen LogP contribution in [0.3, 0.4) is 0 Å². The van der Waals surface area contributed by atoms with E-state index in [2.05, 4.69) is 4.98 Å². The Bertz CT molecular complexity index is 1590. The van der Waals surface area contributed by atoms with Gasteiger partial charge in [0.15, 0.2) is 0 Å². The molecule has 4 rings (SSSR count). The zero-order valence-corrected chi connectivity index (χ0v) is 19.8. The van der Waals surface area contributed by atoms with E-state index in [1.165, 1.54) is 6.07 Å². The van der Waals surface area contributed by atoms with Crippen LogP contribution < -0.4 is 10.3 Å². The lowest BCUT2D eigenvalue weighted by molar-refractivity contribution is 0.0974. The summed E-state index contributed by atoms with van der Waals surface area (Å²) in [5.74, 6) is -1.36. The number of amides is 1. The highest BCUT2D eigenvalue weighted by Crippen LogP contribution is 2.35. The predicted octanol–water partition coefficient (Wildman–Crippen LogP) is 3.74. The Balaban J connectivity index is 2.13. The van der Waals surface area contributed by atoms with Crippen LogP contribution in [-0.2, 0) is 23.0 Å². The SMILES string of the molecule is CCc1ccc2c(c1)c(-c1cc(C)c[nH]c1=O)c(C(=O)NS(C)(=O)=O)n2Cc1ccccc1F. The van der Waals surface area contributed by atoms with Crippen LogP contribution in [0.2, 0.25) is 0 Å². The monoisotopic (exact) mass is 481 g/mol. The molecule has 4 aromatic rings. The van der Waals surface area contributed by atoms with Gasteiger partial charge < -0.3 is 9.55 Å². The number of pyridine rings is 1. The van der Waals surface area contributed by atoms with Gasteiger partial charge in [0.2, 0.25) is 10.0 Å². The molecule has 0 radical (unpaired) electrons. The number of hydrogen-bond acceptors (Lipinski definition) is 4. The minimum Gasteiger partial charge on any atom is -0.331 e. The van der Waals surface area contributed by atoms with Crippen molar-refractivity contribution in [2.75, 3.05) is 6.26 Å². The van der Waals surface area contributed by atoms with Gasteiger partial charge in [-0.2, -0.15) is 0 Å². The predicted molar refractivity (Wildman–Crippen MR) is 130 cm³/mol. The fraction of sp³-hybridized carbons (Fsp3) is 0.200. The summed E-state index contributed by atoms with van der Waals surface area (Å²) in [6, 6.07) is 13.4. The Morgan fingerprint density at radius 3 is 2.56 bits per heavy atom. The summed E-state index contributed by atoms with van der Waals surface area (Å²) in [6.45, 7) is 3.74. The highest BCUT2D eigenvalue weighted by Gasteiger charge is 2.27. The lowest BCUT2D eigenvalue weighted by atomic mass is 10.00. The Kier molecular flexibility index (Phi) is 6.14. The number of nitrogens with zero attached hydrogens (tertiary/aromatic N) is 1. The number of aromatic nitrogens is 2. The minimum absolute atomic E-state index is 0.0342. The molecule has 2 aromatic heterocycles. The van der Waals surface area contributed by atoms with Crippen molar-refractivity contribution in [3.8, 4) is 11.1 Å². The molecule has 0 aliphatic heterocycles. The van der Waals surface area contributed by atoms with Crippen molar-refractivity contribution in [1.29, 1.82) is 0 Å². The number of aromatic amines is 1. The van der Waals surface area contributed by atoms with Crippen LogP contribution in [0.25, 0.3) is 22.0 Å². The Morgan fingerprint density at radius 1 is 1.15 bits per heavy atom. The van der Waals surface area contributed by atoms with Crippen LogP contribution in [-0.4, -0.2) is 30.1 Å². The van der Waals surface area contributed by atoms with E-state index in [0.717, 1.165) is 17.4 Å². The Hall–Kier alpha value is -3.72. The van der Waals surface area contributed by atoms with Crippen molar-refractivity contribution in [3.63, 3.8) is 0 Å². The first-order valence-electron chi connectivity index (χ1n) is 10.7. The number of H-pyrrole nitrogens is 1. The molecule has 0 aliphatic carbocycles. The minimum atomic E-state index is -3.91. The number of rotatable bonds is 6. The second-order valence-electron chi connectivity index (χ2n) is 8.23. The lowest BCUT2D eigenvalue weighted by Crippen LogP contribution is -2.32. The molecule has 1 amide bonds. The molecule has 0 spiro atoms. The van der Waals surface area contributed by atoms with Crippen molar-refractivity contribution < 1.29 is 17.6 Å². The van der Waals surface area contributed by atoms with E-state index in [1.807, 2.05) is 23.8 Å². The zero-order valence-electron chi connectivity index (χ0n) is 19.0. The topological polar surface area (TPSA) is 101 Å². The summed E-state index contributed by atoms with van der Waals surface area (Å²) in [6.07, 6.45) is 3.14. The van der Waals surface area contributed by atoms with E-state index in [1.54, 1.807) is 48.0 Å². The van der Waals surface area contributed by atoms with Crippen LogP contribution in [0.5, 0.6) is 0 Å². The van der Waals surface area contributed by atoms with Gasteiger partial charge in [-0.1, -0.05) is 31.2 Å². The van der Waals surface area contributed by atoms with E-state index < -0.39 is 27.3 Å². The molecular formula is C25H24FN3O4S. The molecule has 2 N–H and O–H groups in total. The van der Waals surface area contributed by atoms with Gasteiger partial charge >= 0.3 is 0 Å². The van der Waals surface area contributed by atoms with Crippen LogP contribution in [0.15, 0.2) is 59.5 Å². The Morgan fingerprint density at radius 2 is 1.88 bits per heavy atom. The molecule has 0 unspecified atom stereocenters. The number of carbonyl (C=O) groups is 1. The smallest absolute Gasteiger partial charge is 0.282 e. The molecule has 9 heteroatoms. The van der Waals surface area contributed by atoms with Gasteiger partial charge in [0.25, 0.3) is 11.5 Å². The fourth-order valence-corrected chi connectivity index (χ4v) is 4.52. The number of halogens is 1. The van der Waals surface area contributed by atoms with E-state index in [4.69, 9.17) is 0 Å². The molecular weight excluding hydrogens is 457 g/mol. The first-order chi connectivity index (χ1) is 16.1. The van der Waals surface area contributed by atoms with Crippen LogP contribution in [0.4, 0.5) is 4.39 Å². The average molecular weight is 482 g/mol. The fourth-order valence-electron chi connectivity index (χ4n) is 4.09. The summed E-state index contributed by atoms with van der Waals surface area (Å²) in [5, 5.41) is 0.602. The molecule has 0 saturated carbocycles. The quantitative estimate of drug-likeness (QED) is 0.438. The maximum Gasteiger partial charge on any atom is 0.282 e. The summed E-state index contributed by atoms with van der Waals surface area (Å²) >= 11 is 0. The van der Waals surface area contributed by atoms with Crippen molar-refractivity contribution in [3.05, 3.63) is 93.3 Å². The summed E-state index contributed by atoms with van der Waals surface area (Å²) in [5.41, 5.74) is 2.68. The van der Waals surface area contributed by atoms with Crippen LogP contribution in [0, 0.1) is 12.7 Å². The van der Waals surface area contributed by atoms with Gasteiger partial charge in [-0.15, -0.1) is 0 Å². The standard InChI is InChI=1S/C25H24FN3O4S/c1-4-16-9-10-21-18(12-16)22(19-11-15(2)13-27-24(19)30)23(25(31)28-34(3,32)33)29(21)14-17-7-5-6-8-20(17)26/h5-13H,4,14H2,1-3H3,(H,27,30)(H,28,31). The van der Waals surface area contributed by atoms with Gasteiger partial charge in [0.1, 0.15) is 11.5 Å². The van der Waals surface area contributed by atoms with Gasteiger partial charge in [-0.05, 0) is 48.7 Å². The normalized spacial score (nSPS) is 11.6. The molecule has 7 nitrogen and oxygen atoms in total. The number of nitrogens with one attached hydrogen (secondary N) is 2. The number of carbonyl (C=O) groups excluding carboxylic acids is 1. The van der Waals surface area contributed by atoms with Crippen molar-refractivity contribution in [1.82, 2.24) is 14.3 Å². The maximum absolute atomic E-state index is 14.6. The molecule has 2 heterocycles. The summed E-state index contributed by atoms with van der Waals surface area (Å²) in [4.78, 5) is 28.9. The number of fused-ring (bicyclic) bond motifs is 1. The van der Waals surface area contributed by atoms with Crippen molar-refractivity contribution in [2.45, 2.75) is 26.8 Å².